The molecule has 0 amide bonds. The summed E-state index contributed by atoms with van der Waals surface area (Å²) < 4.78 is 30.6. The van der Waals surface area contributed by atoms with Crippen molar-refractivity contribution in [3.63, 3.8) is 0 Å². The van der Waals surface area contributed by atoms with Crippen LogP contribution in [0.2, 0.25) is 0 Å². The van der Waals surface area contributed by atoms with Gasteiger partial charge < -0.3 is 15.4 Å². The zero-order chi connectivity index (χ0) is 12.8. The van der Waals surface area contributed by atoms with Gasteiger partial charge in [0.25, 0.3) is 0 Å². The molecule has 0 aliphatic carbocycles. The smallest absolute Gasteiger partial charge is 0.159 e. The molecule has 1 aromatic carbocycles. The largest absolute Gasteiger partial charge is 0.383 e. The standard InChI is InChI=1S/C12H18F2N2O/c1-16(7-10(15)8-17-2)6-9-3-4-11(13)12(14)5-9/h3-5,10H,6-8,15H2,1-2H3. The molecule has 0 bridgehead atoms. The van der Waals surface area contributed by atoms with Crippen molar-refractivity contribution >= 4 is 0 Å². The van der Waals surface area contributed by atoms with Gasteiger partial charge in [-0.3, -0.25) is 0 Å². The van der Waals surface area contributed by atoms with Crippen LogP contribution in [0.5, 0.6) is 0 Å². The lowest BCUT2D eigenvalue weighted by atomic mass is 10.2. The second kappa shape index (κ2) is 6.64. The quantitative estimate of drug-likeness (QED) is 0.821. The molecule has 0 spiro atoms. The number of ether oxygens (including phenoxy) is 1. The van der Waals surface area contributed by atoms with Crippen molar-refractivity contribution < 1.29 is 13.5 Å². The molecule has 1 rings (SSSR count). The Morgan fingerprint density at radius 1 is 1.35 bits per heavy atom. The van der Waals surface area contributed by atoms with Crippen molar-refractivity contribution in [2.24, 2.45) is 5.73 Å². The average molecular weight is 244 g/mol. The number of rotatable bonds is 6. The lowest BCUT2D eigenvalue weighted by molar-refractivity contribution is 0.160. The van der Waals surface area contributed by atoms with Crippen LogP contribution >= 0.6 is 0 Å². The number of hydrogen-bond donors (Lipinski definition) is 1. The summed E-state index contributed by atoms with van der Waals surface area (Å²) in [6.07, 6.45) is 0. The van der Waals surface area contributed by atoms with E-state index >= 15 is 0 Å². The fourth-order valence-corrected chi connectivity index (χ4v) is 1.68. The third-order valence-electron chi connectivity index (χ3n) is 2.36. The second-order valence-corrected chi connectivity index (χ2v) is 4.16. The van der Waals surface area contributed by atoms with Crippen LogP contribution in [0.1, 0.15) is 5.56 Å². The van der Waals surface area contributed by atoms with Gasteiger partial charge in [0, 0.05) is 26.2 Å². The van der Waals surface area contributed by atoms with Crippen molar-refractivity contribution in [1.29, 1.82) is 0 Å². The van der Waals surface area contributed by atoms with Crippen LogP contribution < -0.4 is 5.73 Å². The van der Waals surface area contributed by atoms with Gasteiger partial charge in [-0.1, -0.05) is 6.07 Å². The molecule has 5 heteroatoms. The first kappa shape index (κ1) is 14.0. The number of halogens is 2. The molecule has 0 aliphatic heterocycles. The summed E-state index contributed by atoms with van der Waals surface area (Å²) in [5.74, 6) is -1.65. The molecule has 2 N–H and O–H groups in total. The van der Waals surface area contributed by atoms with Gasteiger partial charge in [0.1, 0.15) is 0 Å². The molecule has 0 fully saturated rings. The van der Waals surface area contributed by atoms with Crippen LogP contribution in [0, 0.1) is 11.6 Å². The third kappa shape index (κ3) is 4.77. The number of methoxy groups -OCH3 is 1. The first-order valence-electron chi connectivity index (χ1n) is 5.40. The van der Waals surface area contributed by atoms with Crippen molar-refractivity contribution in [3.05, 3.63) is 35.4 Å². The molecular formula is C12H18F2N2O. The Morgan fingerprint density at radius 2 is 2.06 bits per heavy atom. The first-order chi connectivity index (χ1) is 8.02. The van der Waals surface area contributed by atoms with E-state index in [2.05, 4.69) is 0 Å². The zero-order valence-corrected chi connectivity index (χ0v) is 10.1. The van der Waals surface area contributed by atoms with Gasteiger partial charge >= 0.3 is 0 Å². The molecule has 1 atom stereocenters. The maximum atomic E-state index is 13.0. The number of nitrogens with two attached hydrogens (primary N) is 1. The first-order valence-corrected chi connectivity index (χ1v) is 5.40. The molecule has 17 heavy (non-hydrogen) atoms. The van der Waals surface area contributed by atoms with Crippen LogP contribution in [0.4, 0.5) is 8.78 Å². The lowest BCUT2D eigenvalue weighted by Crippen LogP contribution is -2.38. The van der Waals surface area contributed by atoms with Gasteiger partial charge in [-0.2, -0.15) is 0 Å². The van der Waals surface area contributed by atoms with Gasteiger partial charge in [0.15, 0.2) is 11.6 Å². The molecule has 96 valence electrons. The molecule has 0 aromatic heterocycles. The van der Waals surface area contributed by atoms with Crippen molar-refractivity contribution in [2.75, 3.05) is 27.3 Å². The van der Waals surface area contributed by atoms with E-state index in [4.69, 9.17) is 10.5 Å². The topological polar surface area (TPSA) is 38.5 Å². The van der Waals surface area contributed by atoms with E-state index in [1.165, 1.54) is 6.07 Å². The van der Waals surface area contributed by atoms with E-state index in [1.807, 2.05) is 11.9 Å². The Bertz CT molecular complexity index is 360. The molecule has 1 aromatic rings. The van der Waals surface area contributed by atoms with Crippen molar-refractivity contribution in [1.82, 2.24) is 4.90 Å². The van der Waals surface area contributed by atoms with Gasteiger partial charge in [-0.15, -0.1) is 0 Å². The van der Waals surface area contributed by atoms with E-state index in [1.54, 1.807) is 13.2 Å². The second-order valence-electron chi connectivity index (χ2n) is 4.16. The highest BCUT2D eigenvalue weighted by Gasteiger charge is 2.08. The number of benzene rings is 1. The van der Waals surface area contributed by atoms with Gasteiger partial charge in [-0.25, -0.2) is 8.78 Å². The zero-order valence-electron chi connectivity index (χ0n) is 10.1. The monoisotopic (exact) mass is 244 g/mol. The Labute approximate surface area is 100 Å². The Hall–Kier alpha value is -1.04. The summed E-state index contributed by atoms with van der Waals surface area (Å²) in [7, 11) is 3.46. The van der Waals surface area contributed by atoms with Gasteiger partial charge in [-0.05, 0) is 24.7 Å². The Balaban J connectivity index is 2.50. The number of likely N-dealkylation sites (N-methyl/N-ethyl adjacent to an activating group) is 1. The molecule has 0 saturated carbocycles. The van der Waals surface area contributed by atoms with Crippen LogP contribution in [-0.2, 0) is 11.3 Å². The fourth-order valence-electron chi connectivity index (χ4n) is 1.68. The minimum absolute atomic E-state index is 0.0877. The summed E-state index contributed by atoms with van der Waals surface area (Å²) in [4.78, 5) is 1.94. The molecule has 0 aliphatic rings. The highest BCUT2D eigenvalue weighted by atomic mass is 19.2. The van der Waals surface area contributed by atoms with Crippen molar-refractivity contribution in [3.8, 4) is 0 Å². The minimum atomic E-state index is -0.826. The summed E-state index contributed by atoms with van der Waals surface area (Å²) >= 11 is 0. The molecule has 3 nitrogen and oxygen atoms in total. The van der Waals surface area contributed by atoms with Crippen molar-refractivity contribution in [2.45, 2.75) is 12.6 Å². The van der Waals surface area contributed by atoms with E-state index < -0.39 is 11.6 Å². The normalized spacial score (nSPS) is 13.1. The molecular weight excluding hydrogens is 226 g/mol. The predicted octanol–water partition coefficient (Wildman–Crippen LogP) is 1.37. The summed E-state index contributed by atoms with van der Waals surface area (Å²) in [6.45, 7) is 1.63. The average Bonchev–Trinajstić information content (AvgIpc) is 2.23. The summed E-state index contributed by atoms with van der Waals surface area (Å²) in [6, 6.07) is 3.81. The van der Waals surface area contributed by atoms with E-state index in [0.717, 1.165) is 11.6 Å². The Kier molecular flexibility index (Phi) is 5.47. The minimum Gasteiger partial charge on any atom is -0.383 e. The van der Waals surface area contributed by atoms with Crippen LogP contribution in [0.15, 0.2) is 18.2 Å². The predicted molar refractivity (Wildman–Crippen MR) is 62.5 cm³/mol. The van der Waals surface area contributed by atoms with Crippen LogP contribution in [-0.4, -0.2) is 38.3 Å². The molecule has 0 radical (unpaired) electrons. The van der Waals surface area contributed by atoms with E-state index in [9.17, 15) is 8.78 Å². The third-order valence-corrected chi connectivity index (χ3v) is 2.36. The SMILES string of the molecule is COCC(N)CN(C)Cc1ccc(F)c(F)c1. The summed E-state index contributed by atoms with van der Waals surface area (Å²) in [5.41, 5.74) is 6.51. The number of hydrogen-bond acceptors (Lipinski definition) is 3. The molecule has 1 unspecified atom stereocenters. The van der Waals surface area contributed by atoms with Crippen LogP contribution in [0.25, 0.3) is 0 Å². The van der Waals surface area contributed by atoms with Crippen LogP contribution in [0.3, 0.4) is 0 Å². The van der Waals surface area contributed by atoms with E-state index in [0.29, 0.717) is 19.7 Å². The van der Waals surface area contributed by atoms with E-state index in [-0.39, 0.29) is 6.04 Å². The number of nitrogens with zero attached hydrogens (tertiary/aromatic N) is 1. The van der Waals surface area contributed by atoms with Gasteiger partial charge in [0.2, 0.25) is 0 Å². The maximum Gasteiger partial charge on any atom is 0.159 e. The lowest BCUT2D eigenvalue weighted by Gasteiger charge is -2.20. The highest BCUT2D eigenvalue weighted by Crippen LogP contribution is 2.10. The fraction of sp³-hybridized carbons (Fsp3) is 0.500. The Morgan fingerprint density at radius 3 is 2.65 bits per heavy atom. The molecule has 0 heterocycles. The summed E-state index contributed by atoms with van der Waals surface area (Å²) in [5, 5.41) is 0. The van der Waals surface area contributed by atoms with Gasteiger partial charge in [0.05, 0.1) is 6.61 Å². The maximum absolute atomic E-state index is 13.0. The molecule has 0 saturated heterocycles. The highest BCUT2D eigenvalue weighted by molar-refractivity contribution is 5.17.